The van der Waals surface area contributed by atoms with Gasteiger partial charge in [-0.3, -0.25) is 4.79 Å². The summed E-state index contributed by atoms with van der Waals surface area (Å²) in [6.45, 7) is 2.47. The molecule has 2 rings (SSSR count). The number of aromatic carboxylic acids is 1. The van der Waals surface area contributed by atoms with Crippen molar-refractivity contribution in [2.24, 2.45) is 0 Å². The summed E-state index contributed by atoms with van der Waals surface area (Å²) < 4.78 is 1.73. The Morgan fingerprint density at radius 3 is 2.83 bits per heavy atom. The van der Waals surface area contributed by atoms with Crippen molar-refractivity contribution in [2.75, 3.05) is 6.26 Å². The van der Waals surface area contributed by atoms with Gasteiger partial charge in [-0.2, -0.15) is 0 Å². The van der Waals surface area contributed by atoms with E-state index in [2.05, 4.69) is 4.98 Å². The van der Waals surface area contributed by atoms with Crippen LogP contribution in [0.5, 0.6) is 0 Å². The van der Waals surface area contributed by atoms with Gasteiger partial charge in [0.15, 0.2) is 0 Å². The average Bonchev–Trinajstić information content (AvgIpc) is 2.38. The fraction of sp³-hybridized carbons (Fsp3) is 0.250. The number of aryl methyl sites for hydroxylation is 1. The van der Waals surface area contributed by atoms with E-state index in [9.17, 15) is 9.59 Å². The van der Waals surface area contributed by atoms with Gasteiger partial charge in [0.25, 0.3) is 0 Å². The highest BCUT2D eigenvalue weighted by atomic mass is 32.2. The van der Waals surface area contributed by atoms with Gasteiger partial charge in [0.2, 0.25) is 5.43 Å². The van der Waals surface area contributed by atoms with Crippen molar-refractivity contribution in [3.8, 4) is 0 Å². The number of hydrogen-bond donors (Lipinski definition) is 1. The van der Waals surface area contributed by atoms with E-state index >= 15 is 0 Å². The third-order valence-corrected chi connectivity index (χ3v) is 3.40. The van der Waals surface area contributed by atoms with E-state index in [-0.39, 0.29) is 11.1 Å². The summed E-state index contributed by atoms with van der Waals surface area (Å²) in [5.41, 5.74) is 0.0949. The van der Waals surface area contributed by atoms with Crippen LogP contribution in [0.2, 0.25) is 0 Å². The molecule has 2 aromatic rings. The smallest absolute Gasteiger partial charge is 0.341 e. The number of rotatable bonds is 3. The Morgan fingerprint density at radius 2 is 2.28 bits per heavy atom. The molecule has 1 N–H and O–H groups in total. The van der Waals surface area contributed by atoms with Gasteiger partial charge in [0.1, 0.15) is 11.1 Å². The van der Waals surface area contributed by atoms with E-state index in [0.29, 0.717) is 12.1 Å². The summed E-state index contributed by atoms with van der Waals surface area (Å²) in [6.07, 6.45) is 4.88. The standard InChI is InChI=1S/C12H12N2O3S/c1-3-14-6-8(12(16)17)11(15)10-9(14)4-7(18-2)5-13-10/h4-6H,3H2,1-2H3,(H,16,17). The molecule has 2 heterocycles. The molecule has 5 nitrogen and oxygen atoms in total. The van der Waals surface area contributed by atoms with Gasteiger partial charge in [0.05, 0.1) is 5.52 Å². The highest BCUT2D eigenvalue weighted by molar-refractivity contribution is 7.98. The third kappa shape index (κ3) is 1.99. The number of carboxylic acid groups (broad SMARTS) is 1. The monoisotopic (exact) mass is 264 g/mol. The quantitative estimate of drug-likeness (QED) is 0.856. The number of nitrogens with zero attached hydrogens (tertiary/aromatic N) is 2. The van der Waals surface area contributed by atoms with Crippen LogP contribution in [0.3, 0.4) is 0 Å². The molecule has 94 valence electrons. The number of carboxylic acids is 1. The Hall–Kier alpha value is -1.82. The van der Waals surface area contributed by atoms with Crippen LogP contribution in [0.15, 0.2) is 28.2 Å². The molecule has 0 aromatic carbocycles. The zero-order chi connectivity index (χ0) is 13.3. The van der Waals surface area contributed by atoms with Crippen LogP contribution in [0.4, 0.5) is 0 Å². The fourth-order valence-electron chi connectivity index (χ4n) is 1.77. The minimum absolute atomic E-state index is 0.203. The Bertz CT molecular complexity index is 679. The van der Waals surface area contributed by atoms with E-state index in [1.807, 2.05) is 19.2 Å². The van der Waals surface area contributed by atoms with E-state index in [0.717, 1.165) is 4.90 Å². The Morgan fingerprint density at radius 1 is 1.56 bits per heavy atom. The van der Waals surface area contributed by atoms with E-state index in [1.54, 1.807) is 10.8 Å². The molecule has 2 aromatic heterocycles. The highest BCUT2D eigenvalue weighted by Gasteiger charge is 2.15. The van der Waals surface area contributed by atoms with Gasteiger partial charge in [-0.1, -0.05) is 0 Å². The summed E-state index contributed by atoms with van der Waals surface area (Å²) in [6, 6.07) is 1.85. The molecule has 0 spiro atoms. The first-order valence-corrected chi connectivity index (χ1v) is 6.61. The molecule has 0 saturated heterocycles. The SMILES string of the molecule is CCn1cc(C(=O)O)c(=O)c2ncc(SC)cc21. The molecular weight excluding hydrogens is 252 g/mol. The number of fused-ring (bicyclic) bond motifs is 1. The van der Waals surface area contributed by atoms with Crippen LogP contribution in [0.25, 0.3) is 11.0 Å². The Labute approximate surface area is 107 Å². The molecular formula is C12H12N2O3S. The van der Waals surface area contributed by atoms with Crippen LogP contribution in [-0.2, 0) is 6.54 Å². The first kappa shape index (κ1) is 12.6. The molecule has 0 fully saturated rings. The highest BCUT2D eigenvalue weighted by Crippen LogP contribution is 2.18. The minimum Gasteiger partial charge on any atom is -0.477 e. The maximum atomic E-state index is 12.0. The number of carbonyl (C=O) groups is 1. The summed E-state index contributed by atoms with van der Waals surface area (Å²) in [7, 11) is 0. The molecule has 0 bridgehead atoms. The van der Waals surface area contributed by atoms with Gasteiger partial charge >= 0.3 is 5.97 Å². The van der Waals surface area contributed by atoms with Crippen molar-refractivity contribution in [3.63, 3.8) is 0 Å². The topological polar surface area (TPSA) is 72.2 Å². The molecule has 0 saturated carbocycles. The van der Waals surface area contributed by atoms with Crippen LogP contribution < -0.4 is 5.43 Å². The molecule has 18 heavy (non-hydrogen) atoms. The van der Waals surface area contributed by atoms with Crippen molar-refractivity contribution >= 4 is 28.8 Å². The van der Waals surface area contributed by atoms with Crippen LogP contribution >= 0.6 is 11.8 Å². The second-order valence-corrected chi connectivity index (χ2v) is 4.59. The second kappa shape index (κ2) is 4.81. The largest absolute Gasteiger partial charge is 0.477 e. The summed E-state index contributed by atoms with van der Waals surface area (Å²) in [5, 5.41) is 9.00. The lowest BCUT2D eigenvalue weighted by Gasteiger charge is -2.10. The zero-order valence-electron chi connectivity index (χ0n) is 10.0. The first-order chi connectivity index (χ1) is 8.58. The molecule has 0 aliphatic carbocycles. The van der Waals surface area contributed by atoms with Crippen molar-refractivity contribution < 1.29 is 9.90 Å². The van der Waals surface area contributed by atoms with Gasteiger partial charge in [-0.15, -0.1) is 11.8 Å². The van der Waals surface area contributed by atoms with Crippen LogP contribution in [0.1, 0.15) is 17.3 Å². The zero-order valence-corrected chi connectivity index (χ0v) is 10.8. The number of thioether (sulfide) groups is 1. The molecule has 0 amide bonds. The minimum atomic E-state index is -1.22. The lowest BCUT2D eigenvalue weighted by Crippen LogP contribution is -2.19. The first-order valence-electron chi connectivity index (χ1n) is 5.39. The number of pyridine rings is 2. The van der Waals surface area contributed by atoms with Crippen LogP contribution in [-0.4, -0.2) is 26.9 Å². The van der Waals surface area contributed by atoms with Crippen molar-refractivity contribution in [1.29, 1.82) is 0 Å². The van der Waals surface area contributed by atoms with Gasteiger partial charge in [-0.25, -0.2) is 9.78 Å². The Balaban J connectivity index is 2.88. The molecule has 0 radical (unpaired) electrons. The normalized spacial score (nSPS) is 10.8. The van der Waals surface area contributed by atoms with E-state index in [1.165, 1.54) is 18.0 Å². The van der Waals surface area contributed by atoms with E-state index in [4.69, 9.17) is 5.11 Å². The van der Waals surface area contributed by atoms with Crippen molar-refractivity contribution in [1.82, 2.24) is 9.55 Å². The summed E-state index contributed by atoms with van der Waals surface area (Å²) in [5.74, 6) is -1.22. The Kier molecular flexibility index (Phi) is 3.38. The predicted molar refractivity (Wildman–Crippen MR) is 70.4 cm³/mol. The maximum absolute atomic E-state index is 12.0. The predicted octanol–water partition coefficient (Wildman–Crippen LogP) is 1.84. The molecule has 0 aliphatic heterocycles. The molecule has 6 heteroatoms. The van der Waals surface area contributed by atoms with Gasteiger partial charge in [-0.05, 0) is 19.2 Å². The third-order valence-electron chi connectivity index (χ3n) is 2.70. The average molecular weight is 264 g/mol. The molecule has 0 atom stereocenters. The molecule has 0 aliphatic rings. The van der Waals surface area contributed by atoms with E-state index < -0.39 is 11.4 Å². The number of hydrogen-bond acceptors (Lipinski definition) is 4. The summed E-state index contributed by atoms with van der Waals surface area (Å²) in [4.78, 5) is 28.0. The lowest BCUT2D eigenvalue weighted by molar-refractivity contribution is 0.0695. The van der Waals surface area contributed by atoms with Gasteiger partial charge < -0.3 is 9.67 Å². The second-order valence-electron chi connectivity index (χ2n) is 3.71. The van der Waals surface area contributed by atoms with Crippen molar-refractivity contribution in [3.05, 3.63) is 34.2 Å². The molecule has 0 unspecified atom stereocenters. The summed E-state index contributed by atoms with van der Waals surface area (Å²) >= 11 is 1.52. The number of aromatic nitrogens is 2. The van der Waals surface area contributed by atoms with Crippen molar-refractivity contribution in [2.45, 2.75) is 18.4 Å². The van der Waals surface area contributed by atoms with Gasteiger partial charge in [0, 0.05) is 23.8 Å². The lowest BCUT2D eigenvalue weighted by atomic mass is 10.2. The maximum Gasteiger partial charge on any atom is 0.341 e. The van der Waals surface area contributed by atoms with Crippen LogP contribution in [0, 0.1) is 0 Å². The fourth-order valence-corrected chi connectivity index (χ4v) is 2.15.